The molecule has 1 aromatic rings. The third kappa shape index (κ3) is 8.57. The van der Waals surface area contributed by atoms with Crippen LogP contribution in [0.4, 0.5) is 4.39 Å². The van der Waals surface area contributed by atoms with E-state index in [1.165, 1.54) is 12.1 Å². The topological polar surface area (TPSA) is 92.0 Å². The van der Waals surface area contributed by atoms with Gasteiger partial charge >= 0.3 is 0 Å². The van der Waals surface area contributed by atoms with Gasteiger partial charge in [0, 0.05) is 25.6 Å². The van der Waals surface area contributed by atoms with Crippen molar-refractivity contribution in [1.82, 2.24) is 15.5 Å². The summed E-state index contributed by atoms with van der Waals surface area (Å²) in [6.07, 6.45) is 4.60. The number of primary amides is 1. The molecular formula is C22H36FN5O2. The summed E-state index contributed by atoms with van der Waals surface area (Å²) in [7, 11) is 1.74. The Labute approximate surface area is 179 Å². The maximum absolute atomic E-state index is 13.3. The van der Waals surface area contributed by atoms with Crippen LogP contribution in [-0.4, -0.2) is 62.6 Å². The van der Waals surface area contributed by atoms with E-state index in [1.54, 1.807) is 19.2 Å². The maximum Gasteiger partial charge on any atom is 0.220 e. The first-order valence-electron chi connectivity index (χ1n) is 10.9. The van der Waals surface area contributed by atoms with Crippen molar-refractivity contribution in [2.45, 2.75) is 45.1 Å². The average Bonchev–Trinajstić information content (AvgIpc) is 2.75. The Morgan fingerprint density at radius 3 is 2.73 bits per heavy atom. The third-order valence-corrected chi connectivity index (χ3v) is 5.46. The predicted molar refractivity (Wildman–Crippen MR) is 118 cm³/mol. The van der Waals surface area contributed by atoms with Crippen molar-refractivity contribution in [1.29, 1.82) is 0 Å². The van der Waals surface area contributed by atoms with E-state index >= 15 is 0 Å². The summed E-state index contributed by atoms with van der Waals surface area (Å²) >= 11 is 0. The maximum atomic E-state index is 13.3. The number of amides is 1. The Hall–Kier alpha value is -2.35. The van der Waals surface area contributed by atoms with E-state index in [4.69, 9.17) is 10.5 Å². The molecule has 7 nitrogen and oxygen atoms in total. The molecule has 0 saturated carbocycles. The van der Waals surface area contributed by atoms with Crippen LogP contribution in [0.5, 0.6) is 5.75 Å². The fourth-order valence-electron chi connectivity index (χ4n) is 3.54. The van der Waals surface area contributed by atoms with Crippen molar-refractivity contribution in [3.8, 4) is 5.75 Å². The summed E-state index contributed by atoms with van der Waals surface area (Å²) in [6.45, 7) is 6.40. The summed E-state index contributed by atoms with van der Waals surface area (Å²) in [5, 5.41) is 6.60. The fourth-order valence-corrected chi connectivity index (χ4v) is 3.54. The van der Waals surface area contributed by atoms with Crippen molar-refractivity contribution in [2.75, 3.05) is 39.8 Å². The van der Waals surface area contributed by atoms with Crippen LogP contribution in [0.15, 0.2) is 29.3 Å². The summed E-state index contributed by atoms with van der Waals surface area (Å²) in [5.41, 5.74) is 5.38. The highest BCUT2D eigenvalue weighted by Crippen LogP contribution is 2.17. The summed E-state index contributed by atoms with van der Waals surface area (Å²) in [5.74, 6) is 0.855. The van der Waals surface area contributed by atoms with Crippen molar-refractivity contribution < 1.29 is 13.9 Å². The van der Waals surface area contributed by atoms with E-state index in [0.717, 1.165) is 64.2 Å². The Balaban J connectivity index is 1.59. The SMILES string of the molecule is CCC(CNC(=NC)NCCCCN1CCC(C(N)=O)CC1)Oc1cccc(F)c1. The van der Waals surface area contributed by atoms with Gasteiger partial charge in [-0.2, -0.15) is 0 Å². The largest absolute Gasteiger partial charge is 0.489 e. The van der Waals surface area contributed by atoms with Crippen LogP contribution in [0.1, 0.15) is 39.0 Å². The lowest BCUT2D eigenvalue weighted by Gasteiger charge is -2.30. The Morgan fingerprint density at radius 2 is 2.10 bits per heavy atom. The summed E-state index contributed by atoms with van der Waals surface area (Å²) < 4.78 is 19.2. The lowest BCUT2D eigenvalue weighted by molar-refractivity contribution is -0.123. The molecule has 1 heterocycles. The number of hydrogen-bond donors (Lipinski definition) is 3. The van der Waals surface area contributed by atoms with Gasteiger partial charge in [-0.25, -0.2) is 4.39 Å². The number of aliphatic imine (C=N–C) groups is 1. The highest BCUT2D eigenvalue weighted by molar-refractivity contribution is 5.79. The number of unbranched alkanes of at least 4 members (excludes halogenated alkanes) is 1. The molecule has 0 bridgehead atoms. The lowest BCUT2D eigenvalue weighted by Crippen LogP contribution is -2.43. The number of piperidine rings is 1. The minimum atomic E-state index is -0.301. The molecule has 0 spiro atoms. The smallest absolute Gasteiger partial charge is 0.220 e. The van der Waals surface area contributed by atoms with Gasteiger partial charge in [-0.1, -0.05) is 13.0 Å². The summed E-state index contributed by atoms with van der Waals surface area (Å²) in [4.78, 5) is 17.9. The molecule has 1 saturated heterocycles. The zero-order valence-electron chi connectivity index (χ0n) is 18.2. The number of guanidine groups is 1. The van der Waals surface area contributed by atoms with E-state index in [2.05, 4.69) is 20.5 Å². The molecule has 1 fully saturated rings. The first-order valence-corrected chi connectivity index (χ1v) is 10.9. The number of halogens is 1. The van der Waals surface area contributed by atoms with Crippen LogP contribution in [0.2, 0.25) is 0 Å². The predicted octanol–water partition coefficient (Wildman–Crippen LogP) is 2.13. The van der Waals surface area contributed by atoms with Gasteiger partial charge in [0.05, 0.1) is 6.54 Å². The number of benzene rings is 1. The van der Waals surface area contributed by atoms with E-state index in [9.17, 15) is 9.18 Å². The van der Waals surface area contributed by atoms with Crippen LogP contribution < -0.4 is 21.1 Å². The van der Waals surface area contributed by atoms with Gasteiger partial charge in [0.25, 0.3) is 0 Å². The molecular weight excluding hydrogens is 385 g/mol. The molecule has 4 N–H and O–H groups in total. The number of rotatable bonds is 11. The Bertz CT molecular complexity index is 677. The first-order chi connectivity index (χ1) is 14.5. The number of carbonyl (C=O) groups excluding carboxylic acids is 1. The first kappa shape index (κ1) is 23.9. The molecule has 1 atom stereocenters. The molecule has 2 rings (SSSR count). The third-order valence-electron chi connectivity index (χ3n) is 5.46. The zero-order valence-corrected chi connectivity index (χ0v) is 18.2. The van der Waals surface area contributed by atoms with E-state index in [1.807, 2.05) is 6.92 Å². The van der Waals surface area contributed by atoms with Crippen molar-refractivity contribution in [3.63, 3.8) is 0 Å². The van der Waals surface area contributed by atoms with Crippen LogP contribution in [0.25, 0.3) is 0 Å². The van der Waals surface area contributed by atoms with Gasteiger partial charge in [0.1, 0.15) is 17.7 Å². The lowest BCUT2D eigenvalue weighted by atomic mass is 9.96. The van der Waals surface area contributed by atoms with Gasteiger partial charge in [-0.15, -0.1) is 0 Å². The highest BCUT2D eigenvalue weighted by Gasteiger charge is 2.22. The normalized spacial score (nSPS) is 16.8. The van der Waals surface area contributed by atoms with Gasteiger partial charge in [-0.05, 0) is 63.9 Å². The van der Waals surface area contributed by atoms with Gasteiger partial charge in [-0.3, -0.25) is 9.79 Å². The van der Waals surface area contributed by atoms with Gasteiger partial charge < -0.3 is 26.0 Å². The Morgan fingerprint density at radius 1 is 1.33 bits per heavy atom. The quantitative estimate of drug-likeness (QED) is 0.289. The number of nitrogens with two attached hydrogens (primary N) is 1. The van der Waals surface area contributed by atoms with Gasteiger partial charge in [0.15, 0.2) is 5.96 Å². The van der Waals surface area contributed by atoms with Crippen LogP contribution >= 0.6 is 0 Å². The van der Waals surface area contributed by atoms with E-state index in [0.29, 0.717) is 12.3 Å². The van der Waals surface area contributed by atoms with Crippen molar-refractivity contribution in [2.24, 2.45) is 16.6 Å². The van der Waals surface area contributed by atoms with Crippen molar-refractivity contribution in [3.05, 3.63) is 30.1 Å². The molecule has 0 aliphatic carbocycles. The minimum absolute atomic E-state index is 0.0501. The summed E-state index contributed by atoms with van der Waals surface area (Å²) in [6, 6.07) is 6.20. The van der Waals surface area contributed by atoms with Crippen LogP contribution in [0, 0.1) is 11.7 Å². The average molecular weight is 422 g/mol. The second-order valence-electron chi connectivity index (χ2n) is 7.71. The van der Waals surface area contributed by atoms with Crippen molar-refractivity contribution >= 4 is 11.9 Å². The molecule has 1 aliphatic heterocycles. The van der Waals surface area contributed by atoms with Crippen LogP contribution in [0.3, 0.4) is 0 Å². The van der Waals surface area contributed by atoms with E-state index < -0.39 is 0 Å². The number of hydrogen-bond acceptors (Lipinski definition) is 4. The molecule has 30 heavy (non-hydrogen) atoms. The number of ether oxygens (including phenoxy) is 1. The molecule has 0 aromatic heterocycles. The number of likely N-dealkylation sites (tertiary alicyclic amines) is 1. The molecule has 1 unspecified atom stereocenters. The number of carbonyl (C=O) groups is 1. The van der Waals surface area contributed by atoms with E-state index in [-0.39, 0.29) is 23.7 Å². The minimum Gasteiger partial charge on any atom is -0.489 e. The highest BCUT2D eigenvalue weighted by atomic mass is 19.1. The fraction of sp³-hybridized carbons (Fsp3) is 0.636. The molecule has 0 radical (unpaired) electrons. The molecule has 1 amide bonds. The van der Waals surface area contributed by atoms with Crippen LogP contribution in [-0.2, 0) is 4.79 Å². The monoisotopic (exact) mass is 421 g/mol. The molecule has 168 valence electrons. The zero-order chi connectivity index (χ0) is 21.8. The second kappa shape index (κ2) is 13.1. The number of nitrogens with zero attached hydrogens (tertiary/aromatic N) is 2. The Kier molecular flexibility index (Phi) is 10.4. The number of nitrogens with one attached hydrogen (secondary N) is 2. The molecule has 8 heteroatoms. The van der Waals surface area contributed by atoms with Gasteiger partial charge in [0.2, 0.25) is 5.91 Å². The molecule has 1 aromatic carbocycles. The standard InChI is InChI=1S/C22H36FN5O2/c1-3-19(30-20-8-6-7-18(23)15-20)16-27-22(25-2)26-11-4-5-12-28-13-9-17(10-14-28)21(24)29/h6-8,15,17,19H,3-5,9-14,16H2,1-2H3,(H2,24,29)(H2,25,26,27). The molecule has 1 aliphatic rings. The second-order valence-corrected chi connectivity index (χ2v) is 7.71.